The number of hydrogen-bond donors (Lipinski definition) is 0. The maximum absolute atomic E-state index is 13.6. The Morgan fingerprint density at radius 2 is 2.26 bits per heavy atom. The van der Waals surface area contributed by atoms with E-state index in [-0.39, 0.29) is 6.61 Å². The van der Waals surface area contributed by atoms with E-state index in [0.29, 0.717) is 12.2 Å². The highest BCUT2D eigenvalue weighted by molar-refractivity contribution is 5.77. The molecular formula is C14H16F2O3. The molecule has 0 aliphatic carbocycles. The van der Waals surface area contributed by atoms with Crippen LogP contribution in [0.15, 0.2) is 18.2 Å². The van der Waals surface area contributed by atoms with Crippen molar-refractivity contribution in [1.82, 2.24) is 0 Å². The molecule has 1 aromatic carbocycles. The van der Waals surface area contributed by atoms with Gasteiger partial charge in [-0.05, 0) is 31.0 Å². The number of hydrogen-bond acceptors (Lipinski definition) is 3. The van der Waals surface area contributed by atoms with E-state index in [9.17, 15) is 13.6 Å². The lowest BCUT2D eigenvalue weighted by Crippen LogP contribution is -2.36. The van der Waals surface area contributed by atoms with Crippen molar-refractivity contribution in [2.24, 2.45) is 0 Å². The van der Waals surface area contributed by atoms with Crippen molar-refractivity contribution < 1.29 is 23.0 Å². The molecule has 0 N–H and O–H groups in total. The number of esters is 1. The Kier molecular flexibility index (Phi) is 3.73. The predicted molar refractivity (Wildman–Crippen MR) is 65.5 cm³/mol. The van der Waals surface area contributed by atoms with Gasteiger partial charge >= 0.3 is 11.9 Å². The van der Waals surface area contributed by atoms with Crippen LogP contribution in [0.3, 0.4) is 0 Å². The molecule has 0 spiro atoms. The van der Waals surface area contributed by atoms with E-state index < -0.39 is 24.4 Å². The van der Waals surface area contributed by atoms with Gasteiger partial charge in [0.2, 0.25) is 0 Å². The summed E-state index contributed by atoms with van der Waals surface area (Å²) in [4.78, 5) is 11.2. The van der Waals surface area contributed by atoms with Gasteiger partial charge in [-0.15, -0.1) is 0 Å². The zero-order valence-corrected chi connectivity index (χ0v) is 10.9. The molecule has 1 aromatic rings. The minimum Gasteiger partial charge on any atom is -0.490 e. The highest BCUT2D eigenvalue weighted by Crippen LogP contribution is 2.34. The number of ether oxygens (including phenoxy) is 2. The Hall–Kier alpha value is -1.65. The average molecular weight is 270 g/mol. The lowest BCUT2D eigenvalue weighted by Gasteiger charge is -2.18. The molecule has 0 saturated heterocycles. The fourth-order valence-corrected chi connectivity index (χ4v) is 2.13. The Morgan fingerprint density at radius 1 is 1.53 bits per heavy atom. The Morgan fingerprint density at radius 3 is 2.95 bits per heavy atom. The van der Waals surface area contributed by atoms with Crippen LogP contribution in [0.25, 0.3) is 0 Å². The van der Waals surface area contributed by atoms with Crippen molar-refractivity contribution in [2.75, 3.05) is 6.61 Å². The molecule has 5 heteroatoms. The van der Waals surface area contributed by atoms with Crippen LogP contribution in [0.5, 0.6) is 5.75 Å². The van der Waals surface area contributed by atoms with Gasteiger partial charge in [0.1, 0.15) is 11.9 Å². The lowest BCUT2D eigenvalue weighted by molar-refractivity contribution is -0.174. The molecule has 2 rings (SSSR count). The van der Waals surface area contributed by atoms with Crippen LogP contribution in [-0.4, -0.2) is 24.6 Å². The van der Waals surface area contributed by atoms with E-state index in [0.717, 1.165) is 11.1 Å². The average Bonchev–Trinajstić information content (AvgIpc) is 2.69. The second-order valence-electron chi connectivity index (χ2n) is 4.68. The number of rotatable bonds is 4. The van der Waals surface area contributed by atoms with Crippen molar-refractivity contribution in [2.45, 2.75) is 38.7 Å². The van der Waals surface area contributed by atoms with E-state index in [1.54, 1.807) is 0 Å². The molecule has 0 bridgehead atoms. The molecule has 0 fully saturated rings. The monoisotopic (exact) mass is 270 g/mol. The maximum Gasteiger partial charge on any atom is 0.377 e. The van der Waals surface area contributed by atoms with E-state index >= 15 is 0 Å². The summed E-state index contributed by atoms with van der Waals surface area (Å²) >= 11 is 0. The zero-order chi connectivity index (χ0) is 14.0. The summed E-state index contributed by atoms with van der Waals surface area (Å²) in [5.41, 5.74) is 1.91. The maximum atomic E-state index is 13.6. The van der Waals surface area contributed by atoms with Crippen molar-refractivity contribution in [3.8, 4) is 5.75 Å². The third-order valence-electron chi connectivity index (χ3n) is 3.02. The Balaban J connectivity index is 2.02. The van der Waals surface area contributed by atoms with Gasteiger partial charge < -0.3 is 9.47 Å². The van der Waals surface area contributed by atoms with Gasteiger partial charge in [0, 0.05) is 6.42 Å². The highest BCUT2D eigenvalue weighted by atomic mass is 19.3. The summed E-state index contributed by atoms with van der Waals surface area (Å²) in [6.07, 6.45) is -0.944. The van der Waals surface area contributed by atoms with Crippen molar-refractivity contribution in [3.05, 3.63) is 29.3 Å². The third-order valence-corrected chi connectivity index (χ3v) is 3.02. The first kappa shape index (κ1) is 13.8. The van der Waals surface area contributed by atoms with Crippen LogP contribution in [0.4, 0.5) is 8.78 Å². The van der Waals surface area contributed by atoms with Gasteiger partial charge in [-0.3, -0.25) is 0 Å². The van der Waals surface area contributed by atoms with Gasteiger partial charge in [0.05, 0.1) is 13.0 Å². The quantitative estimate of drug-likeness (QED) is 0.789. The number of carbonyl (C=O) groups is 1. The van der Waals surface area contributed by atoms with Gasteiger partial charge in [0.25, 0.3) is 0 Å². The van der Waals surface area contributed by atoms with Crippen molar-refractivity contribution in [3.63, 3.8) is 0 Å². The molecule has 1 aliphatic heterocycles. The van der Waals surface area contributed by atoms with Crippen LogP contribution < -0.4 is 4.74 Å². The molecule has 1 unspecified atom stereocenters. The van der Waals surface area contributed by atoms with Gasteiger partial charge in [0.15, 0.2) is 0 Å². The summed E-state index contributed by atoms with van der Waals surface area (Å²) in [5, 5.41) is 0. The van der Waals surface area contributed by atoms with Crippen LogP contribution in [0.1, 0.15) is 24.5 Å². The Bertz CT molecular complexity index is 486. The number of aryl methyl sites for hydroxylation is 1. The highest BCUT2D eigenvalue weighted by Gasteiger charge is 2.44. The second-order valence-corrected chi connectivity index (χ2v) is 4.68. The number of alkyl halides is 2. The molecule has 0 radical (unpaired) electrons. The molecule has 0 aromatic heterocycles. The number of fused-ring (bicyclic) bond motifs is 1. The third kappa shape index (κ3) is 3.03. The first-order valence-electron chi connectivity index (χ1n) is 6.23. The minimum absolute atomic E-state index is 0.0562. The Labute approximate surface area is 110 Å². The summed E-state index contributed by atoms with van der Waals surface area (Å²) < 4.78 is 37.0. The number of carbonyl (C=O) groups excluding carboxylic acids is 1. The van der Waals surface area contributed by atoms with E-state index in [2.05, 4.69) is 4.74 Å². The number of halogens is 2. The molecule has 0 amide bonds. The largest absolute Gasteiger partial charge is 0.490 e. The molecule has 1 aliphatic rings. The predicted octanol–water partition coefficient (Wildman–Crippen LogP) is 2.89. The fourth-order valence-electron chi connectivity index (χ4n) is 2.13. The van der Waals surface area contributed by atoms with Gasteiger partial charge in [-0.25, -0.2) is 4.79 Å². The van der Waals surface area contributed by atoms with Crippen LogP contribution >= 0.6 is 0 Å². The molecule has 1 atom stereocenters. The minimum atomic E-state index is -3.50. The summed E-state index contributed by atoms with van der Waals surface area (Å²) in [6, 6.07) is 5.60. The van der Waals surface area contributed by atoms with Crippen LogP contribution in [-0.2, 0) is 16.0 Å². The smallest absolute Gasteiger partial charge is 0.377 e. The topological polar surface area (TPSA) is 35.5 Å². The SMILES string of the molecule is CCOC(=O)C(F)(F)CC1Cc2ccc(C)cc2O1. The van der Waals surface area contributed by atoms with Gasteiger partial charge in [-0.2, -0.15) is 8.78 Å². The number of benzene rings is 1. The lowest BCUT2D eigenvalue weighted by atomic mass is 10.0. The fraction of sp³-hybridized carbons (Fsp3) is 0.500. The first-order valence-corrected chi connectivity index (χ1v) is 6.23. The molecule has 3 nitrogen and oxygen atoms in total. The molecule has 19 heavy (non-hydrogen) atoms. The van der Waals surface area contributed by atoms with E-state index in [1.807, 2.05) is 25.1 Å². The standard InChI is InChI=1S/C14H16F2O3/c1-3-18-13(17)14(15,16)8-11-7-10-5-4-9(2)6-12(10)19-11/h4-6,11H,3,7-8H2,1-2H3. The molecule has 104 valence electrons. The molecular weight excluding hydrogens is 254 g/mol. The van der Waals surface area contributed by atoms with Crippen LogP contribution in [0.2, 0.25) is 0 Å². The molecule has 1 heterocycles. The van der Waals surface area contributed by atoms with Crippen molar-refractivity contribution in [1.29, 1.82) is 0 Å². The molecule has 0 saturated carbocycles. The summed E-state index contributed by atoms with van der Waals surface area (Å²) in [5.74, 6) is -4.35. The zero-order valence-electron chi connectivity index (χ0n) is 10.9. The summed E-state index contributed by atoms with van der Waals surface area (Å²) in [6.45, 7) is 3.35. The first-order chi connectivity index (χ1) is 8.92. The van der Waals surface area contributed by atoms with Crippen LogP contribution in [0, 0.1) is 6.92 Å². The normalized spacial score (nSPS) is 17.8. The van der Waals surface area contributed by atoms with Gasteiger partial charge in [-0.1, -0.05) is 12.1 Å². The van der Waals surface area contributed by atoms with Crippen molar-refractivity contribution >= 4 is 5.97 Å². The summed E-state index contributed by atoms with van der Waals surface area (Å²) in [7, 11) is 0. The van der Waals surface area contributed by atoms with E-state index in [1.165, 1.54) is 6.92 Å². The van der Waals surface area contributed by atoms with E-state index in [4.69, 9.17) is 4.74 Å². The second kappa shape index (κ2) is 5.15.